The highest BCUT2D eigenvalue weighted by Crippen LogP contribution is 2.23. The molecule has 0 saturated carbocycles. The Labute approximate surface area is 95.0 Å². The molecule has 2 N–H and O–H groups in total. The summed E-state index contributed by atoms with van der Waals surface area (Å²) in [7, 11) is 0. The lowest BCUT2D eigenvalue weighted by molar-refractivity contribution is -0.384. The molecule has 8 heteroatoms. The standard InChI is InChI=1S/C9H6N6O2/c10-4-6-1-2-7(8(3-6)15(16)17)14-5-9(11)12-13-14/h1-3,5H,11H2. The van der Waals surface area contributed by atoms with Crippen LogP contribution in [0.2, 0.25) is 0 Å². The van der Waals surface area contributed by atoms with Crippen molar-refractivity contribution < 1.29 is 4.92 Å². The summed E-state index contributed by atoms with van der Waals surface area (Å²) in [6, 6.07) is 5.89. The molecule has 0 spiro atoms. The van der Waals surface area contributed by atoms with E-state index in [9.17, 15) is 10.1 Å². The van der Waals surface area contributed by atoms with Crippen LogP contribution in [0.4, 0.5) is 11.5 Å². The number of rotatable bonds is 2. The maximum atomic E-state index is 10.9. The first-order chi connectivity index (χ1) is 8.11. The van der Waals surface area contributed by atoms with Crippen molar-refractivity contribution in [2.24, 2.45) is 0 Å². The summed E-state index contributed by atoms with van der Waals surface area (Å²) in [6.45, 7) is 0. The SMILES string of the molecule is N#Cc1ccc(-n2cc(N)nn2)c([N+](=O)[O-])c1. The molecular weight excluding hydrogens is 224 g/mol. The number of hydrogen-bond donors (Lipinski definition) is 1. The molecular formula is C9H6N6O2. The average molecular weight is 230 g/mol. The van der Waals surface area contributed by atoms with E-state index in [0.717, 1.165) is 0 Å². The molecule has 0 fully saturated rings. The molecule has 1 aromatic heterocycles. The van der Waals surface area contributed by atoms with Gasteiger partial charge in [0.05, 0.1) is 22.8 Å². The summed E-state index contributed by atoms with van der Waals surface area (Å²) < 4.78 is 1.19. The van der Waals surface area contributed by atoms with Gasteiger partial charge in [-0.3, -0.25) is 10.1 Å². The van der Waals surface area contributed by atoms with Crippen molar-refractivity contribution in [3.63, 3.8) is 0 Å². The van der Waals surface area contributed by atoms with E-state index in [-0.39, 0.29) is 22.8 Å². The van der Waals surface area contributed by atoms with Gasteiger partial charge in [-0.25, -0.2) is 4.68 Å². The summed E-state index contributed by atoms with van der Waals surface area (Å²) in [5.41, 5.74) is 5.56. The van der Waals surface area contributed by atoms with Crippen LogP contribution < -0.4 is 5.73 Å². The number of nitrogens with zero attached hydrogens (tertiary/aromatic N) is 5. The number of nitriles is 1. The van der Waals surface area contributed by atoms with E-state index < -0.39 is 4.92 Å². The fourth-order valence-electron chi connectivity index (χ4n) is 1.33. The van der Waals surface area contributed by atoms with Crippen LogP contribution in [0.15, 0.2) is 24.4 Å². The lowest BCUT2D eigenvalue weighted by Gasteiger charge is -2.01. The number of nitrogens with two attached hydrogens (primary N) is 1. The number of aromatic nitrogens is 3. The molecule has 17 heavy (non-hydrogen) atoms. The fraction of sp³-hybridized carbons (Fsp3) is 0. The van der Waals surface area contributed by atoms with Gasteiger partial charge >= 0.3 is 0 Å². The normalized spacial score (nSPS) is 9.82. The lowest BCUT2D eigenvalue weighted by Crippen LogP contribution is -2.01. The minimum Gasteiger partial charge on any atom is -0.381 e. The Kier molecular flexibility index (Phi) is 2.42. The molecule has 84 valence electrons. The second kappa shape index (κ2) is 3.90. The number of nitro groups is 1. The smallest absolute Gasteiger partial charge is 0.296 e. The Morgan fingerprint density at radius 3 is 2.82 bits per heavy atom. The van der Waals surface area contributed by atoms with E-state index in [2.05, 4.69) is 10.3 Å². The Morgan fingerprint density at radius 2 is 2.29 bits per heavy atom. The van der Waals surface area contributed by atoms with Gasteiger partial charge in [-0.2, -0.15) is 5.26 Å². The predicted octanol–water partition coefficient (Wildman–Crippen LogP) is 0.629. The number of benzene rings is 1. The first-order valence-electron chi connectivity index (χ1n) is 4.48. The third-order valence-electron chi connectivity index (χ3n) is 2.06. The topological polar surface area (TPSA) is 124 Å². The Morgan fingerprint density at radius 1 is 1.53 bits per heavy atom. The van der Waals surface area contributed by atoms with Crippen LogP contribution >= 0.6 is 0 Å². The van der Waals surface area contributed by atoms with Gasteiger partial charge < -0.3 is 5.73 Å². The first-order valence-corrected chi connectivity index (χ1v) is 4.48. The van der Waals surface area contributed by atoms with Gasteiger partial charge in [0, 0.05) is 6.07 Å². The predicted molar refractivity (Wildman–Crippen MR) is 57.1 cm³/mol. The third kappa shape index (κ3) is 1.89. The second-order valence-corrected chi connectivity index (χ2v) is 3.16. The van der Waals surface area contributed by atoms with Crippen molar-refractivity contribution in [1.29, 1.82) is 5.26 Å². The number of hydrogen-bond acceptors (Lipinski definition) is 6. The zero-order valence-electron chi connectivity index (χ0n) is 8.44. The van der Waals surface area contributed by atoms with E-state index in [4.69, 9.17) is 11.0 Å². The number of anilines is 1. The molecule has 0 unspecified atom stereocenters. The highest BCUT2D eigenvalue weighted by atomic mass is 16.6. The molecule has 1 heterocycles. The van der Waals surface area contributed by atoms with E-state index in [1.807, 2.05) is 6.07 Å². The highest BCUT2D eigenvalue weighted by molar-refractivity contribution is 5.56. The Balaban J connectivity index is 2.62. The van der Waals surface area contributed by atoms with E-state index in [0.29, 0.717) is 0 Å². The van der Waals surface area contributed by atoms with Crippen molar-refractivity contribution in [3.05, 3.63) is 40.1 Å². The molecule has 0 bridgehead atoms. The van der Waals surface area contributed by atoms with Crippen LogP contribution in [0.3, 0.4) is 0 Å². The molecule has 1 aromatic carbocycles. The van der Waals surface area contributed by atoms with Crippen molar-refractivity contribution in [1.82, 2.24) is 15.0 Å². The molecule has 0 saturated heterocycles. The zero-order chi connectivity index (χ0) is 12.4. The van der Waals surface area contributed by atoms with Gasteiger partial charge in [-0.1, -0.05) is 5.21 Å². The van der Waals surface area contributed by atoms with Crippen LogP contribution in [0.5, 0.6) is 0 Å². The maximum Gasteiger partial charge on any atom is 0.296 e. The second-order valence-electron chi connectivity index (χ2n) is 3.16. The van der Waals surface area contributed by atoms with Crippen LogP contribution in [-0.2, 0) is 0 Å². The summed E-state index contributed by atoms with van der Waals surface area (Å²) in [5.74, 6) is 0.156. The summed E-state index contributed by atoms with van der Waals surface area (Å²) in [6.07, 6.45) is 1.36. The summed E-state index contributed by atoms with van der Waals surface area (Å²) in [4.78, 5) is 10.3. The summed E-state index contributed by atoms with van der Waals surface area (Å²) in [5, 5.41) is 26.7. The van der Waals surface area contributed by atoms with Gasteiger partial charge in [-0.15, -0.1) is 5.10 Å². The maximum absolute atomic E-state index is 10.9. The lowest BCUT2D eigenvalue weighted by atomic mass is 10.2. The molecule has 0 aliphatic carbocycles. The minimum atomic E-state index is -0.589. The van der Waals surface area contributed by atoms with E-state index >= 15 is 0 Å². The largest absolute Gasteiger partial charge is 0.381 e. The number of nitrogen functional groups attached to an aromatic ring is 1. The van der Waals surface area contributed by atoms with E-state index in [1.54, 1.807) is 0 Å². The van der Waals surface area contributed by atoms with Gasteiger partial charge in [0.1, 0.15) is 5.69 Å². The Hall–Kier alpha value is -2.95. The highest BCUT2D eigenvalue weighted by Gasteiger charge is 2.17. The molecule has 2 aromatic rings. The third-order valence-corrected chi connectivity index (χ3v) is 2.06. The first kappa shape index (κ1) is 10.6. The number of nitro benzene ring substituents is 1. The van der Waals surface area contributed by atoms with Gasteiger partial charge in [0.15, 0.2) is 5.82 Å². The summed E-state index contributed by atoms with van der Waals surface area (Å²) >= 11 is 0. The Bertz CT molecular complexity index is 627. The average Bonchev–Trinajstić information content (AvgIpc) is 2.75. The molecule has 2 rings (SSSR count). The van der Waals surface area contributed by atoms with Crippen LogP contribution in [-0.4, -0.2) is 19.9 Å². The van der Waals surface area contributed by atoms with Crippen LogP contribution in [0, 0.1) is 21.4 Å². The molecule has 0 amide bonds. The fourth-order valence-corrected chi connectivity index (χ4v) is 1.33. The molecule has 0 aliphatic heterocycles. The van der Waals surface area contributed by atoms with Crippen molar-refractivity contribution in [3.8, 4) is 11.8 Å². The quantitative estimate of drug-likeness (QED) is 0.595. The molecule has 8 nitrogen and oxygen atoms in total. The molecule has 0 radical (unpaired) electrons. The van der Waals surface area contributed by atoms with Crippen molar-refractivity contribution >= 4 is 11.5 Å². The van der Waals surface area contributed by atoms with Crippen LogP contribution in [0.25, 0.3) is 5.69 Å². The van der Waals surface area contributed by atoms with Crippen molar-refractivity contribution in [2.45, 2.75) is 0 Å². The van der Waals surface area contributed by atoms with Gasteiger partial charge in [0.25, 0.3) is 5.69 Å². The minimum absolute atomic E-state index is 0.156. The monoisotopic (exact) mass is 230 g/mol. The molecule has 0 aliphatic rings. The van der Waals surface area contributed by atoms with Crippen LogP contribution in [0.1, 0.15) is 5.56 Å². The van der Waals surface area contributed by atoms with Gasteiger partial charge in [-0.05, 0) is 12.1 Å². The van der Waals surface area contributed by atoms with E-state index in [1.165, 1.54) is 29.1 Å². The van der Waals surface area contributed by atoms with Gasteiger partial charge in [0.2, 0.25) is 0 Å². The zero-order valence-corrected chi connectivity index (χ0v) is 8.44. The molecule has 0 atom stereocenters. The van der Waals surface area contributed by atoms with Crippen molar-refractivity contribution in [2.75, 3.05) is 5.73 Å².